The molecule has 2 bridgehead atoms. The van der Waals surface area contributed by atoms with Gasteiger partial charge in [0.25, 0.3) is 0 Å². The molecule has 2 aliphatic rings. The molecule has 2 aliphatic heterocycles. The smallest absolute Gasteiger partial charge is 0.188 e. The fourth-order valence-electron chi connectivity index (χ4n) is 4.63. The predicted octanol–water partition coefficient (Wildman–Crippen LogP) is 5.52. The van der Waals surface area contributed by atoms with Gasteiger partial charge in [-0.05, 0) is 38.7 Å². The number of pyridine rings is 1. The van der Waals surface area contributed by atoms with Gasteiger partial charge in [0.15, 0.2) is 14.8 Å². The number of anilines is 1. The number of halogens is 2. The molecule has 3 atom stereocenters. The predicted molar refractivity (Wildman–Crippen MR) is 142 cm³/mol. The van der Waals surface area contributed by atoms with Crippen molar-refractivity contribution in [3.8, 4) is 26.9 Å². The third kappa shape index (κ3) is 4.56. The number of hydrogen-bond acceptors (Lipinski definition) is 10. The maximum Gasteiger partial charge on any atom is 0.188 e. The number of aromatic nitrogens is 4. The molecule has 2 N–H and O–H groups in total. The number of nitrogens with zero attached hydrogens (tertiary/aromatic N) is 5. The molecular formula is C21H24Cl2N6OS3. The van der Waals surface area contributed by atoms with Crippen LogP contribution in [-0.4, -0.2) is 50.2 Å². The Kier molecular flexibility index (Phi) is 7.14. The molecule has 4 aromatic heterocycles. The molecule has 0 amide bonds. The summed E-state index contributed by atoms with van der Waals surface area (Å²) < 4.78 is 0. The van der Waals surface area contributed by atoms with Crippen molar-refractivity contribution in [3.63, 3.8) is 0 Å². The zero-order valence-corrected chi connectivity index (χ0v) is 22.1. The highest BCUT2D eigenvalue weighted by atomic mass is 35.5. The van der Waals surface area contributed by atoms with Crippen molar-refractivity contribution in [1.82, 2.24) is 25.3 Å². The average molecular weight is 544 g/mol. The van der Waals surface area contributed by atoms with E-state index in [1.165, 1.54) is 37.0 Å². The van der Waals surface area contributed by atoms with E-state index in [4.69, 9.17) is 9.97 Å². The number of piperidine rings is 1. The molecule has 2 fully saturated rings. The number of fused-ring (bicyclic) bond motifs is 3. The maximum atomic E-state index is 10.6. The first-order valence-electron chi connectivity index (χ1n) is 10.4. The van der Waals surface area contributed by atoms with Crippen molar-refractivity contribution in [2.75, 3.05) is 11.9 Å². The molecule has 0 aromatic carbocycles. The van der Waals surface area contributed by atoms with Crippen molar-refractivity contribution in [3.05, 3.63) is 23.5 Å². The van der Waals surface area contributed by atoms with E-state index in [-0.39, 0.29) is 30.6 Å². The number of aromatic hydroxyl groups is 1. The van der Waals surface area contributed by atoms with Gasteiger partial charge in [-0.15, -0.1) is 36.2 Å². The highest BCUT2D eigenvalue weighted by Gasteiger charge is 2.36. The van der Waals surface area contributed by atoms with E-state index in [0.29, 0.717) is 28.8 Å². The zero-order chi connectivity index (χ0) is 21.1. The van der Waals surface area contributed by atoms with E-state index >= 15 is 0 Å². The lowest BCUT2D eigenvalue weighted by atomic mass is 9.99. The van der Waals surface area contributed by atoms with Crippen LogP contribution < -0.4 is 10.2 Å². The lowest BCUT2D eigenvalue weighted by Crippen LogP contribution is -2.47. The van der Waals surface area contributed by atoms with Crippen molar-refractivity contribution in [2.24, 2.45) is 0 Å². The fourth-order valence-corrected chi connectivity index (χ4v) is 7.47. The van der Waals surface area contributed by atoms with E-state index in [1.807, 2.05) is 13.1 Å². The summed E-state index contributed by atoms with van der Waals surface area (Å²) in [5.74, 6) is 0.132. The summed E-state index contributed by atoms with van der Waals surface area (Å²) in [4.78, 5) is 23.5. The van der Waals surface area contributed by atoms with Crippen molar-refractivity contribution in [1.29, 1.82) is 0 Å². The Morgan fingerprint density at radius 3 is 2.36 bits per heavy atom. The molecule has 0 aliphatic carbocycles. The maximum absolute atomic E-state index is 10.6. The number of hydrogen-bond donors (Lipinski definition) is 2. The van der Waals surface area contributed by atoms with Gasteiger partial charge in [-0.25, -0.2) is 19.9 Å². The summed E-state index contributed by atoms with van der Waals surface area (Å²) >= 11 is 4.69. The monoisotopic (exact) mass is 542 g/mol. The van der Waals surface area contributed by atoms with Crippen molar-refractivity contribution >= 4 is 73.6 Å². The molecule has 2 saturated heterocycles. The molecule has 0 radical (unpaired) electrons. The van der Waals surface area contributed by atoms with Crippen LogP contribution in [0.3, 0.4) is 0 Å². The van der Waals surface area contributed by atoms with Gasteiger partial charge < -0.3 is 15.3 Å². The molecule has 6 rings (SSSR count). The first-order chi connectivity index (χ1) is 15.0. The van der Waals surface area contributed by atoms with Gasteiger partial charge in [0.2, 0.25) is 0 Å². The Labute approximate surface area is 216 Å². The molecule has 12 heteroatoms. The van der Waals surface area contributed by atoms with E-state index in [1.54, 1.807) is 34.9 Å². The average Bonchev–Trinajstić information content (AvgIpc) is 3.51. The van der Waals surface area contributed by atoms with Gasteiger partial charge in [0, 0.05) is 43.1 Å². The van der Waals surface area contributed by atoms with Crippen molar-refractivity contribution < 1.29 is 5.11 Å². The largest absolute Gasteiger partial charge is 0.506 e. The lowest BCUT2D eigenvalue weighted by molar-refractivity contribution is 0.354. The number of rotatable bonds is 4. The summed E-state index contributed by atoms with van der Waals surface area (Å²) in [6, 6.07) is 3.58. The minimum Gasteiger partial charge on any atom is -0.506 e. The third-order valence-electron chi connectivity index (χ3n) is 6.24. The first kappa shape index (κ1) is 24.6. The van der Waals surface area contributed by atoms with Gasteiger partial charge in [-0.3, -0.25) is 0 Å². The fraction of sp³-hybridized carbons (Fsp3) is 0.429. The van der Waals surface area contributed by atoms with Crippen LogP contribution in [0.2, 0.25) is 0 Å². The SMILES string of the molecule is Cc1ncc(-c2cnc(-c3nc4sc(N(C)C5C[C@H]6CC[C@@H](C5)N6)nc4s3)c(O)c2)s1.Cl.Cl. The van der Waals surface area contributed by atoms with E-state index in [2.05, 4.69) is 27.2 Å². The second kappa shape index (κ2) is 9.59. The molecule has 33 heavy (non-hydrogen) atoms. The molecule has 0 saturated carbocycles. The molecule has 0 spiro atoms. The van der Waals surface area contributed by atoms with Crippen molar-refractivity contribution in [2.45, 2.75) is 50.7 Å². The van der Waals surface area contributed by atoms with Crippen LogP contribution in [0.1, 0.15) is 30.7 Å². The van der Waals surface area contributed by atoms with Crippen LogP contribution in [0, 0.1) is 6.92 Å². The second-order valence-corrected chi connectivity index (χ2v) is 11.5. The molecule has 7 nitrogen and oxygen atoms in total. The standard InChI is InChI=1S/C21H22N6OS3.2ClH/c1-10-22-9-16(29-10)11-5-15(28)17(23-8-11)18-25-19-20(30-18)26-21(31-19)27(2)14-6-12-3-4-13(7-14)24-12;;/h5,8-9,12-14,24,28H,3-4,6-7H2,1-2H3;2*1H/t12-,13+,14?;;. The zero-order valence-electron chi connectivity index (χ0n) is 18.0. The Morgan fingerprint density at radius 2 is 1.73 bits per heavy atom. The van der Waals surface area contributed by atoms with Gasteiger partial charge in [0.05, 0.1) is 9.88 Å². The van der Waals surface area contributed by atoms with Gasteiger partial charge in [-0.2, -0.15) is 0 Å². The van der Waals surface area contributed by atoms with Crippen LogP contribution in [0.4, 0.5) is 5.13 Å². The molecule has 1 unspecified atom stereocenters. The van der Waals surface area contributed by atoms with E-state index in [9.17, 15) is 5.11 Å². The van der Waals surface area contributed by atoms with Crippen LogP contribution in [0.5, 0.6) is 5.75 Å². The molecular weight excluding hydrogens is 519 g/mol. The first-order valence-corrected chi connectivity index (χ1v) is 12.9. The number of nitrogens with one attached hydrogen (secondary N) is 1. The summed E-state index contributed by atoms with van der Waals surface area (Å²) in [7, 11) is 2.16. The minimum atomic E-state index is 0. The highest BCUT2D eigenvalue weighted by Crippen LogP contribution is 2.40. The third-order valence-corrected chi connectivity index (χ3v) is 9.32. The van der Waals surface area contributed by atoms with Crippen LogP contribution in [0.25, 0.3) is 30.8 Å². The number of thiazole rings is 3. The normalized spacial score (nSPS) is 21.6. The van der Waals surface area contributed by atoms with E-state index in [0.717, 1.165) is 30.2 Å². The summed E-state index contributed by atoms with van der Waals surface area (Å²) in [6.45, 7) is 1.96. The topological polar surface area (TPSA) is 87.1 Å². The Hall–Kier alpha value is -1.56. The van der Waals surface area contributed by atoms with Gasteiger partial charge in [-0.1, -0.05) is 22.7 Å². The van der Waals surface area contributed by atoms with Crippen LogP contribution in [-0.2, 0) is 0 Å². The highest BCUT2D eigenvalue weighted by molar-refractivity contribution is 7.29. The quantitative estimate of drug-likeness (QED) is 0.351. The number of aryl methyl sites for hydroxylation is 1. The van der Waals surface area contributed by atoms with Crippen LogP contribution in [0.15, 0.2) is 18.5 Å². The van der Waals surface area contributed by atoms with Gasteiger partial charge in [0.1, 0.15) is 16.5 Å². The second-order valence-electron chi connectivity index (χ2n) is 8.34. The molecule has 6 heterocycles. The molecule has 176 valence electrons. The Morgan fingerprint density at radius 1 is 1.00 bits per heavy atom. The van der Waals surface area contributed by atoms with Gasteiger partial charge >= 0.3 is 0 Å². The van der Waals surface area contributed by atoms with Crippen LogP contribution >= 0.6 is 58.8 Å². The van der Waals surface area contributed by atoms with E-state index < -0.39 is 0 Å². The summed E-state index contributed by atoms with van der Waals surface area (Å²) in [6.07, 6.45) is 8.54. The Balaban J connectivity index is 0.00000130. The lowest BCUT2D eigenvalue weighted by Gasteiger charge is -2.35. The Bertz CT molecular complexity index is 1230. The minimum absolute atomic E-state index is 0. The summed E-state index contributed by atoms with van der Waals surface area (Å²) in [5, 5.41) is 17.0. The molecule has 4 aromatic rings. The summed E-state index contributed by atoms with van der Waals surface area (Å²) in [5.41, 5.74) is 1.37.